The Kier molecular flexibility index (Phi) is 8.42. The summed E-state index contributed by atoms with van der Waals surface area (Å²) in [5.41, 5.74) is 2.00. The van der Waals surface area contributed by atoms with E-state index in [0.717, 1.165) is 10.0 Å². The summed E-state index contributed by atoms with van der Waals surface area (Å²) >= 11 is 4.75. The number of hydrogen-bond acceptors (Lipinski definition) is 8. The normalized spacial score (nSPS) is 15.3. The van der Waals surface area contributed by atoms with Gasteiger partial charge in [0.15, 0.2) is 4.80 Å². The number of halogens is 1. The van der Waals surface area contributed by atoms with Gasteiger partial charge in [-0.05, 0) is 73.5 Å². The number of thiazole rings is 1. The van der Waals surface area contributed by atoms with E-state index in [4.69, 9.17) is 18.9 Å². The van der Waals surface area contributed by atoms with Gasteiger partial charge in [0.25, 0.3) is 5.56 Å². The summed E-state index contributed by atoms with van der Waals surface area (Å²) in [6.45, 7) is 7.62. The maximum absolute atomic E-state index is 13.9. The van der Waals surface area contributed by atoms with Gasteiger partial charge in [0.05, 0.1) is 53.2 Å². The topological polar surface area (TPSA) is 88.4 Å². The quantitative estimate of drug-likeness (QED) is 0.357. The molecule has 0 bridgehead atoms. The molecule has 0 saturated heterocycles. The van der Waals surface area contributed by atoms with Gasteiger partial charge in [0, 0.05) is 11.6 Å². The molecule has 1 aromatic heterocycles. The molecule has 0 unspecified atom stereocenters. The SMILES string of the molecule is CCOC(=O)C1=C(C)N=c2s/c(=C/c3cc(Br)c(OC)cc3OC)c(=O)n2[C@H]1c1ccc(OC(C)C)cc1. The molecular formula is C28H29BrN2O6S. The molecule has 0 saturated carbocycles. The highest BCUT2D eigenvalue weighted by Gasteiger charge is 2.33. The van der Waals surface area contributed by atoms with Crippen LogP contribution < -0.4 is 29.1 Å². The van der Waals surface area contributed by atoms with Crippen molar-refractivity contribution in [2.45, 2.75) is 39.8 Å². The van der Waals surface area contributed by atoms with Gasteiger partial charge in [0.2, 0.25) is 0 Å². The predicted octanol–water partition coefficient (Wildman–Crippen LogP) is 4.37. The van der Waals surface area contributed by atoms with E-state index >= 15 is 0 Å². The number of esters is 1. The van der Waals surface area contributed by atoms with E-state index in [9.17, 15) is 9.59 Å². The lowest BCUT2D eigenvalue weighted by molar-refractivity contribution is -0.139. The highest BCUT2D eigenvalue weighted by Crippen LogP contribution is 2.34. The lowest BCUT2D eigenvalue weighted by Crippen LogP contribution is -2.39. The highest BCUT2D eigenvalue weighted by atomic mass is 79.9. The van der Waals surface area contributed by atoms with Crippen molar-refractivity contribution in [1.82, 2.24) is 4.57 Å². The predicted molar refractivity (Wildman–Crippen MR) is 150 cm³/mol. The first-order chi connectivity index (χ1) is 18.2. The number of aromatic nitrogens is 1. The summed E-state index contributed by atoms with van der Waals surface area (Å²) in [5.74, 6) is 1.36. The first-order valence-electron chi connectivity index (χ1n) is 12.1. The van der Waals surface area contributed by atoms with Crippen molar-refractivity contribution in [3.63, 3.8) is 0 Å². The number of hydrogen-bond donors (Lipinski definition) is 0. The number of fused-ring (bicyclic) bond motifs is 1. The van der Waals surface area contributed by atoms with E-state index in [1.54, 1.807) is 44.8 Å². The van der Waals surface area contributed by atoms with Crippen molar-refractivity contribution in [3.8, 4) is 17.2 Å². The lowest BCUT2D eigenvalue weighted by atomic mass is 9.96. The van der Waals surface area contributed by atoms with Crippen LogP contribution in [0.1, 0.15) is 44.9 Å². The summed E-state index contributed by atoms with van der Waals surface area (Å²) in [4.78, 5) is 32.1. The largest absolute Gasteiger partial charge is 0.496 e. The second-order valence-corrected chi connectivity index (χ2v) is 10.6. The van der Waals surface area contributed by atoms with E-state index in [0.29, 0.717) is 43.4 Å². The van der Waals surface area contributed by atoms with Gasteiger partial charge in [-0.2, -0.15) is 0 Å². The van der Waals surface area contributed by atoms with E-state index in [2.05, 4.69) is 20.9 Å². The molecule has 1 aliphatic rings. The first kappa shape index (κ1) is 27.7. The van der Waals surface area contributed by atoms with Crippen molar-refractivity contribution >= 4 is 39.3 Å². The van der Waals surface area contributed by atoms with Crippen LogP contribution >= 0.6 is 27.3 Å². The van der Waals surface area contributed by atoms with Crippen molar-refractivity contribution < 1.29 is 23.7 Å². The number of benzene rings is 2. The Morgan fingerprint density at radius 3 is 2.45 bits per heavy atom. The van der Waals surface area contributed by atoms with Crippen LogP contribution in [-0.4, -0.2) is 37.5 Å². The molecule has 1 atom stereocenters. The van der Waals surface area contributed by atoms with Gasteiger partial charge in [-0.1, -0.05) is 23.5 Å². The van der Waals surface area contributed by atoms with Crippen LogP contribution in [0.3, 0.4) is 0 Å². The second kappa shape index (κ2) is 11.6. The third kappa shape index (κ3) is 5.42. The van der Waals surface area contributed by atoms with Crippen LogP contribution in [0.2, 0.25) is 0 Å². The van der Waals surface area contributed by atoms with Crippen LogP contribution in [0.4, 0.5) is 0 Å². The van der Waals surface area contributed by atoms with E-state index in [1.807, 2.05) is 44.2 Å². The summed E-state index contributed by atoms with van der Waals surface area (Å²) < 4.78 is 24.8. The summed E-state index contributed by atoms with van der Waals surface area (Å²) in [6, 6.07) is 10.3. The van der Waals surface area contributed by atoms with Crippen molar-refractivity contribution in [2.24, 2.45) is 4.99 Å². The zero-order chi connectivity index (χ0) is 27.6. The zero-order valence-electron chi connectivity index (χ0n) is 22.0. The molecule has 0 N–H and O–H groups in total. The smallest absolute Gasteiger partial charge is 0.338 e. The average Bonchev–Trinajstić information content (AvgIpc) is 3.18. The van der Waals surface area contributed by atoms with Gasteiger partial charge < -0.3 is 18.9 Å². The Balaban J connectivity index is 1.92. The molecule has 2 aromatic carbocycles. The molecule has 8 nitrogen and oxygen atoms in total. The van der Waals surface area contributed by atoms with E-state index in [1.165, 1.54) is 11.3 Å². The number of methoxy groups -OCH3 is 2. The lowest BCUT2D eigenvalue weighted by Gasteiger charge is -2.25. The maximum Gasteiger partial charge on any atom is 0.338 e. The number of nitrogens with zero attached hydrogens (tertiary/aromatic N) is 2. The number of rotatable bonds is 8. The molecule has 0 spiro atoms. The fourth-order valence-electron chi connectivity index (χ4n) is 4.25. The molecule has 1 aliphatic heterocycles. The zero-order valence-corrected chi connectivity index (χ0v) is 24.4. The fourth-order valence-corrected chi connectivity index (χ4v) is 5.81. The Morgan fingerprint density at radius 2 is 1.84 bits per heavy atom. The molecule has 2 heterocycles. The van der Waals surface area contributed by atoms with E-state index < -0.39 is 12.0 Å². The van der Waals surface area contributed by atoms with Gasteiger partial charge in [-0.15, -0.1) is 0 Å². The number of allylic oxidation sites excluding steroid dienone is 1. The van der Waals surface area contributed by atoms with Gasteiger partial charge in [-0.3, -0.25) is 9.36 Å². The Labute approximate surface area is 233 Å². The number of carbonyl (C=O) groups excluding carboxylic acids is 1. The van der Waals surface area contributed by atoms with Crippen LogP contribution in [0.25, 0.3) is 6.08 Å². The van der Waals surface area contributed by atoms with Crippen molar-refractivity contribution in [1.29, 1.82) is 0 Å². The molecule has 0 radical (unpaired) electrons. The van der Waals surface area contributed by atoms with Gasteiger partial charge >= 0.3 is 5.97 Å². The molecule has 3 aromatic rings. The number of carbonyl (C=O) groups is 1. The molecule has 38 heavy (non-hydrogen) atoms. The third-order valence-electron chi connectivity index (χ3n) is 5.88. The fraction of sp³-hybridized carbons (Fsp3) is 0.321. The average molecular weight is 602 g/mol. The van der Waals surface area contributed by atoms with Crippen LogP contribution in [-0.2, 0) is 9.53 Å². The van der Waals surface area contributed by atoms with Crippen LogP contribution in [0, 0.1) is 0 Å². The van der Waals surface area contributed by atoms with E-state index in [-0.39, 0.29) is 18.3 Å². The summed E-state index contributed by atoms with van der Waals surface area (Å²) in [6.07, 6.45) is 1.78. The molecule has 200 valence electrons. The number of ether oxygens (including phenoxy) is 4. The van der Waals surface area contributed by atoms with Crippen LogP contribution in [0.15, 0.2) is 61.9 Å². The van der Waals surface area contributed by atoms with Crippen molar-refractivity contribution in [3.05, 3.63) is 83.0 Å². The molecular weight excluding hydrogens is 572 g/mol. The molecule has 0 aliphatic carbocycles. The Bertz CT molecular complexity index is 1570. The van der Waals surface area contributed by atoms with Crippen molar-refractivity contribution in [2.75, 3.05) is 20.8 Å². The maximum atomic E-state index is 13.9. The second-order valence-electron chi connectivity index (χ2n) is 8.77. The summed E-state index contributed by atoms with van der Waals surface area (Å²) in [7, 11) is 3.13. The van der Waals surface area contributed by atoms with Gasteiger partial charge in [0.1, 0.15) is 17.2 Å². The molecule has 0 fully saturated rings. The Morgan fingerprint density at radius 1 is 1.16 bits per heavy atom. The Hall–Kier alpha value is -3.37. The van der Waals surface area contributed by atoms with Gasteiger partial charge in [-0.25, -0.2) is 9.79 Å². The van der Waals surface area contributed by atoms with Crippen LogP contribution in [0.5, 0.6) is 17.2 Å². The minimum absolute atomic E-state index is 0.0192. The third-order valence-corrected chi connectivity index (χ3v) is 7.48. The first-order valence-corrected chi connectivity index (χ1v) is 13.7. The molecule has 0 amide bonds. The standard InChI is InChI=1S/C28H29BrN2O6S/c1-7-36-27(33)24-16(4)30-28-31(25(24)17-8-10-19(11-9-17)37-15(2)3)26(32)23(38-28)13-18-12-20(29)22(35-6)14-21(18)34-5/h8-15,25H,7H2,1-6H3/b23-13+/t25-/m0/s1. The minimum atomic E-state index is -0.704. The molecule has 10 heteroatoms. The minimum Gasteiger partial charge on any atom is -0.496 e. The summed E-state index contributed by atoms with van der Waals surface area (Å²) in [5, 5.41) is 0. The monoisotopic (exact) mass is 600 g/mol. The highest BCUT2D eigenvalue weighted by molar-refractivity contribution is 9.10. The molecule has 4 rings (SSSR count).